The lowest BCUT2D eigenvalue weighted by atomic mass is 10.0. The smallest absolute Gasteiger partial charge is 0.323 e. The van der Waals surface area contributed by atoms with Crippen LogP contribution in [0.5, 0.6) is 5.75 Å². The third-order valence-electron chi connectivity index (χ3n) is 6.36. The Labute approximate surface area is 203 Å². The van der Waals surface area contributed by atoms with Crippen LogP contribution in [0.1, 0.15) is 22.3 Å². The highest BCUT2D eigenvalue weighted by Crippen LogP contribution is 2.54. The average Bonchev–Trinajstić information content (AvgIpc) is 3.37. The molecular formula is C27H27N3O3S. The summed E-state index contributed by atoms with van der Waals surface area (Å²) in [6.07, 6.45) is 0. The lowest BCUT2D eigenvalue weighted by Gasteiger charge is -2.33. The number of urea groups is 1. The van der Waals surface area contributed by atoms with Crippen LogP contribution >= 0.6 is 11.8 Å². The van der Waals surface area contributed by atoms with Crippen molar-refractivity contribution >= 4 is 35.1 Å². The van der Waals surface area contributed by atoms with Gasteiger partial charge in [-0.15, -0.1) is 11.8 Å². The van der Waals surface area contributed by atoms with Crippen LogP contribution in [0, 0.1) is 13.8 Å². The minimum Gasteiger partial charge on any atom is -0.497 e. The number of thioether (sulfide) groups is 1. The molecule has 5 rings (SSSR count). The van der Waals surface area contributed by atoms with Gasteiger partial charge in [0, 0.05) is 23.5 Å². The van der Waals surface area contributed by atoms with Crippen LogP contribution in [-0.2, 0) is 16.2 Å². The van der Waals surface area contributed by atoms with Crippen LogP contribution in [-0.4, -0.2) is 36.2 Å². The minimum absolute atomic E-state index is 0.0676. The molecule has 0 saturated carbocycles. The number of ether oxygens (including phenoxy) is 1. The molecule has 3 aromatic carbocycles. The monoisotopic (exact) mass is 473 g/mol. The molecule has 2 aliphatic rings. The van der Waals surface area contributed by atoms with Gasteiger partial charge in [0.1, 0.15) is 5.75 Å². The van der Waals surface area contributed by atoms with E-state index in [0.717, 1.165) is 27.9 Å². The van der Waals surface area contributed by atoms with Crippen LogP contribution in [0.3, 0.4) is 0 Å². The molecule has 3 aromatic rings. The predicted molar refractivity (Wildman–Crippen MR) is 136 cm³/mol. The molecule has 1 spiro atoms. The number of hydrogen-bond acceptors (Lipinski definition) is 4. The van der Waals surface area contributed by atoms with Gasteiger partial charge in [0.05, 0.1) is 19.3 Å². The summed E-state index contributed by atoms with van der Waals surface area (Å²) in [6.45, 7) is 5.02. The number of fused-ring (bicyclic) bond motifs is 2. The molecule has 2 aliphatic heterocycles. The normalized spacial score (nSPS) is 19.0. The van der Waals surface area contributed by atoms with Crippen molar-refractivity contribution in [3.8, 4) is 5.75 Å². The molecule has 3 amide bonds. The summed E-state index contributed by atoms with van der Waals surface area (Å²) in [7, 11) is 1.60. The first-order chi connectivity index (χ1) is 16.4. The van der Waals surface area contributed by atoms with Gasteiger partial charge in [0.25, 0.3) is 5.91 Å². The van der Waals surface area contributed by atoms with E-state index in [1.807, 2.05) is 49.1 Å². The number of methoxy groups -OCH3 is 1. The Kier molecular flexibility index (Phi) is 5.73. The van der Waals surface area contributed by atoms with Gasteiger partial charge in [-0.2, -0.15) is 0 Å². The van der Waals surface area contributed by atoms with Crippen molar-refractivity contribution in [1.29, 1.82) is 0 Å². The molecule has 0 bridgehead atoms. The van der Waals surface area contributed by atoms with Gasteiger partial charge < -0.3 is 15.0 Å². The van der Waals surface area contributed by atoms with Gasteiger partial charge in [0.2, 0.25) is 0 Å². The molecule has 0 aromatic heterocycles. The third kappa shape index (κ3) is 3.70. The summed E-state index contributed by atoms with van der Waals surface area (Å²) in [5.41, 5.74) is 5.69. The van der Waals surface area contributed by atoms with Gasteiger partial charge in [-0.25, -0.2) is 4.79 Å². The Morgan fingerprint density at radius 3 is 2.56 bits per heavy atom. The molecule has 0 aliphatic carbocycles. The molecule has 1 fully saturated rings. The van der Waals surface area contributed by atoms with Crippen molar-refractivity contribution in [2.24, 2.45) is 0 Å². The van der Waals surface area contributed by atoms with Gasteiger partial charge in [-0.05, 0) is 49.7 Å². The molecule has 1 atom stereocenters. The van der Waals surface area contributed by atoms with Crippen molar-refractivity contribution in [3.63, 3.8) is 0 Å². The SMILES string of the molecule is COc1ccc(NC(=O)N2CCS[C@@]23C(=O)N(Cc2cccc(C)c2)c2ccc(C)cc23)cc1. The van der Waals surface area contributed by atoms with Crippen molar-refractivity contribution in [1.82, 2.24) is 4.90 Å². The maximum atomic E-state index is 14.1. The number of rotatable bonds is 4. The fraction of sp³-hybridized carbons (Fsp3) is 0.259. The summed E-state index contributed by atoms with van der Waals surface area (Å²) in [6, 6.07) is 21.2. The molecule has 174 valence electrons. The molecule has 6 nitrogen and oxygen atoms in total. The number of amides is 3. The van der Waals surface area contributed by atoms with E-state index in [1.165, 1.54) is 11.8 Å². The Balaban J connectivity index is 1.50. The Morgan fingerprint density at radius 1 is 1.06 bits per heavy atom. The highest BCUT2D eigenvalue weighted by atomic mass is 32.2. The molecule has 0 unspecified atom stereocenters. The number of benzene rings is 3. The van der Waals surface area contributed by atoms with E-state index in [1.54, 1.807) is 36.3 Å². The van der Waals surface area contributed by atoms with Crippen molar-refractivity contribution in [2.75, 3.05) is 29.6 Å². The quantitative estimate of drug-likeness (QED) is 0.559. The van der Waals surface area contributed by atoms with E-state index < -0.39 is 4.87 Å². The third-order valence-corrected chi connectivity index (χ3v) is 7.78. The molecule has 7 heteroatoms. The Morgan fingerprint density at radius 2 is 1.82 bits per heavy atom. The van der Waals surface area contributed by atoms with Crippen LogP contribution in [0.4, 0.5) is 16.2 Å². The summed E-state index contributed by atoms with van der Waals surface area (Å²) in [5, 5.41) is 2.97. The summed E-state index contributed by atoms with van der Waals surface area (Å²) < 4.78 is 5.21. The highest BCUT2D eigenvalue weighted by molar-refractivity contribution is 8.01. The van der Waals surface area contributed by atoms with Crippen LogP contribution in [0.2, 0.25) is 0 Å². The lowest BCUT2D eigenvalue weighted by molar-refractivity contribution is -0.123. The van der Waals surface area contributed by atoms with E-state index in [4.69, 9.17) is 4.74 Å². The zero-order valence-electron chi connectivity index (χ0n) is 19.5. The number of anilines is 2. The Bertz CT molecular complexity index is 1260. The fourth-order valence-electron chi connectivity index (χ4n) is 4.74. The van der Waals surface area contributed by atoms with Gasteiger partial charge in [-0.1, -0.05) is 47.5 Å². The second-order valence-electron chi connectivity index (χ2n) is 8.70. The summed E-state index contributed by atoms with van der Waals surface area (Å²) in [5.74, 6) is 1.34. The zero-order chi connectivity index (χ0) is 23.9. The number of carbonyl (C=O) groups is 2. The summed E-state index contributed by atoms with van der Waals surface area (Å²) in [4.78, 5) is 30.0. The molecule has 2 heterocycles. The number of carbonyl (C=O) groups excluding carboxylic acids is 2. The lowest BCUT2D eigenvalue weighted by Crippen LogP contribution is -2.51. The molecule has 34 heavy (non-hydrogen) atoms. The first-order valence-corrected chi connectivity index (χ1v) is 12.3. The first-order valence-electron chi connectivity index (χ1n) is 11.3. The topological polar surface area (TPSA) is 61.9 Å². The second kappa shape index (κ2) is 8.72. The molecule has 1 saturated heterocycles. The number of nitrogens with zero attached hydrogens (tertiary/aromatic N) is 2. The number of nitrogens with one attached hydrogen (secondary N) is 1. The van der Waals surface area contributed by atoms with Crippen LogP contribution in [0.25, 0.3) is 0 Å². The maximum absolute atomic E-state index is 14.1. The fourth-order valence-corrected chi connectivity index (χ4v) is 6.20. The van der Waals surface area contributed by atoms with Gasteiger partial charge in [0.15, 0.2) is 4.87 Å². The zero-order valence-corrected chi connectivity index (χ0v) is 20.3. The van der Waals surface area contributed by atoms with Gasteiger partial charge >= 0.3 is 6.03 Å². The van der Waals surface area contributed by atoms with Crippen molar-refractivity contribution in [3.05, 3.63) is 89.0 Å². The minimum atomic E-state index is -1.07. The molecule has 1 N–H and O–H groups in total. The van der Waals surface area contributed by atoms with E-state index in [0.29, 0.717) is 30.3 Å². The largest absolute Gasteiger partial charge is 0.497 e. The first kappa shape index (κ1) is 22.3. The highest BCUT2D eigenvalue weighted by Gasteiger charge is 2.59. The predicted octanol–water partition coefficient (Wildman–Crippen LogP) is 5.29. The van der Waals surface area contributed by atoms with E-state index >= 15 is 0 Å². The van der Waals surface area contributed by atoms with Gasteiger partial charge in [-0.3, -0.25) is 9.69 Å². The number of hydrogen-bond donors (Lipinski definition) is 1. The van der Waals surface area contributed by atoms with Crippen LogP contribution in [0.15, 0.2) is 66.7 Å². The van der Waals surface area contributed by atoms with Crippen LogP contribution < -0.4 is 15.0 Å². The number of aryl methyl sites for hydroxylation is 2. The van der Waals surface area contributed by atoms with E-state index in [2.05, 4.69) is 17.4 Å². The Hall–Kier alpha value is -3.45. The van der Waals surface area contributed by atoms with E-state index in [-0.39, 0.29) is 11.9 Å². The molecular weight excluding hydrogens is 446 g/mol. The maximum Gasteiger partial charge on any atom is 0.323 e. The standard InChI is InChI=1S/C27H27N3O3S/c1-18-5-4-6-20(15-18)17-29-24-12-7-19(2)16-23(24)27(25(29)31)30(13-14-34-27)26(32)28-21-8-10-22(33-3)11-9-21/h4-12,15-16H,13-14,17H2,1-3H3,(H,28,32)/t27-/m0/s1. The van der Waals surface area contributed by atoms with Crippen molar-refractivity contribution < 1.29 is 14.3 Å². The molecule has 0 radical (unpaired) electrons. The second-order valence-corrected chi connectivity index (χ2v) is 9.99. The van der Waals surface area contributed by atoms with Crippen molar-refractivity contribution in [2.45, 2.75) is 25.3 Å². The summed E-state index contributed by atoms with van der Waals surface area (Å²) >= 11 is 1.54. The average molecular weight is 474 g/mol. The van der Waals surface area contributed by atoms with E-state index in [9.17, 15) is 9.59 Å².